The number of aryl methyl sites for hydroxylation is 1. The molecular formula is C12H12ClN3O2. The Bertz CT molecular complexity index is 580. The molecule has 2 aromatic rings. The molecule has 0 atom stereocenters. The Morgan fingerprint density at radius 2 is 2.28 bits per heavy atom. The van der Waals surface area contributed by atoms with E-state index in [0.717, 1.165) is 0 Å². The fourth-order valence-corrected chi connectivity index (χ4v) is 1.79. The molecule has 1 aromatic heterocycles. The van der Waals surface area contributed by atoms with Gasteiger partial charge in [0.2, 0.25) is 0 Å². The van der Waals surface area contributed by atoms with Crippen molar-refractivity contribution in [3.63, 3.8) is 0 Å². The van der Waals surface area contributed by atoms with Crippen molar-refractivity contribution in [1.29, 1.82) is 0 Å². The van der Waals surface area contributed by atoms with Crippen LogP contribution in [0.15, 0.2) is 24.5 Å². The molecule has 0 unspecified atom stereocenters. The summed E-state index contributed by atoms with van der Waals surface area (Å²) in [5.74, 6) is 0.999. The van der Waals surface area contributed by atoms with Crippen LogP contribution in [0.25, 0.3) is 0 Å². The topological polar surface area (TPSA) is 57.0 Å². The van der Waals surface area contributed by atoms with Crippen LogP contribution in [-0.2, 0) is 13.5 Å². The summed E-state index contributed by atoms with van der Waals surface area (Å²) in [6.07, 6.45) is 1.57. The van der Waals surface area contributed by atoms with Gasteiger partial charge in [0.1, 0.15) is 17.9 Å². The van der Waals surface area contributed by atoms with Crippen molar-refractivity contribution in [2.24, 2.45) is 7.05 Å². The number of Topliss-reactive ketones (excluding diaryl/α,β-unsaturated/α-hetero) is 1. The zero-order chi connectivity index (χ0) is 13.1. The Kier molecular flexibility index (Phi) is 3.62. The molecule has 94 valence electrons. The molecule has 0 saturated carbocycles. The molecule has 0 aliphatic rings. The third-order valence-electron chi connectivity index (χ3n) is 2.59. The van der Waals surface area contributed by atoms with Crippen LogP contribution >= 0.6 is 11.6 Å². The highest BCUT2D eigenvalue weighted by atomic mass is 35.5. The van der Waals surface area contributed by atoms with Crippen molar-refractivity contribution in [2.75, 3.05) is 7.11 Å². The van der Waals surface area contributed by atoms with Gasteiger partial charge in [0.05, 0.1) is 19.1 Å². The Balaban J connectivity index is 2.29. The highest BCUT2D eigenvalue weighted by Crippen LogP contribution is 2.23. The number of ketones is 1. The lowest BCUT2D eigenvalue weighted by Gasteiger charge is -2.07. The Morgan fingerprint density at radius 3 is 2.89 bits per heavy atom. The minimum atomic E-state index is -0.106. The maximum Gasteiger partial charge on any atom is 0.174 e. The van der Waals surface area contributed by atoms with Gasteiger partial charge in [-0.05, 0) is 18.2 Å². The molecule has 5 nitrogen and oxygen atoms in total. The van der Waals surface area contributed by atoms with Crippen LogP contribution < -0.4 is 4.74 Å². The SMILES string of the molecule is COc1ccc(Cl)cc1C(=O)Cc1ncnn1C. The van der Waals surface area contributed by atoms with Gasteiger partial charge in [-0.2, -0.15) is 5.10 Å². The summed E-state index contributed by atoms with van der Waals surface area (Å²) in [5, 5.41) is 4.42. The van der Waals surface area contributed by atoms with Crippen LogP contribution in [0.1, 0.15) is 16.2 Å². The first-order valence-electron chi connectivity index (χ1n) is 5.31. The van der Waals surface area contributed by atoms with Crippen molar-refractivity contribution in [3.8, 4) is 5.75 Å². The molecule has 0 aliphatic heterocycles. The lowest BCUT2D eigenvalue weighted by molar-refractivity contribution is 0.0986. The van der Waals surface area contributed by atoms with E-state index in [4.69, 9.17) is 16.3 Å². The number of aromatic nitrogens is 3. The molecule has 1 heterocycles. The van der Waals surface area contributed by atoms with Gasteiger partial charge in [0.15, 0.2) is 5.78 Å². The van der Waals surface area contributed by atoms with E-state index in [9.17, 15) is 4.79 Å². The van der Waals surface area contributed by atoms with Crippen LogP contribution in [0, 0.1) is 0 Å². The number of benzene rings is 1. The molecule has 0 bridgehead atoms. The van der Waals surface area contributed by atoms with Crippen molar-refractivity contribution in [1.82, 2.24) is 14.8 Å². The molecule has 0 amide bonds. The van der Waals surface area contributed by atoms with Crippen molar-refractivity contribution in [2.45, 2.75) is 6.42 Å². The monoisotopic (exact) mass is 265 g/mol. The van der Waals surface area contributed by atoms with Gasteiger partial charge in [-0.1, -0.05) is 11.6 Å². The number of carbonyl (C=O) groups excluding carboxylic acids is 1. The number of hydrogen-bond donors (Lipinski definition) is 0. The first-order valence-corrected chi connectivity index (χ1v) is 5.69. The molecule has 2 rings (SSSR count). The van der Waals surface area contributed by atoms with E-state index >= 15 is 0 Å². The summed E-state index contributed by atoms with van der Waals surface area (Å²) < 4.78 is 6.71. The molecule has 0 radical (unpaired) electrons. The summed E-state index contributed by atoms with van der Waals surface area (Å²) in [4.78, 5) is 16.2. The second-order valence-electron chi connectivity index (χ2n) is 3.74. The Morgan fingerprint density at radius 1 is 1.50 bits per heavy atom. The third kappa shape index (κ3) is 2.51. The van der Waals surface area contributed by atoms with E-state index in [0.29, 0.717) is 22.2 Å². The first-order chi connectivity index (χ1) is 8.61. The van der Waals surface area contributed by atoms with Crippen LogP contribution in [-0.4, -0.2) is 27.7 Å². The van der Waals surface area contributed by atoms with Gasteiger partial charge in [0, 0.05) is 12.1 Å². The number of nitrogens with zero attached hydrogens (tertiary/aromatic N) is 3. The second kappa shape index (κ2) is 5.18. The van der Waals surface area contributed by atoms with E-state index in [-0.39, 0.29) is 12.2 Å². The molecule has 0 spiro atoms. The van der Waals surface area contributed by atoms with Crippen LogP contribution in [0.2, 0.25) is 5.02 Å². The minimum absolute atomic E-state index is 0.106. The molecule has 0 aliphatic carbocycles. The van der Waals surface area contributed by atoms with Crippen LogP contribution in [0.4, 0.5) is 0 Å². The fourth-order valence-electron chi connectivity index (χ4n) is 1.62. The summed E-state index contributed by atoms with van der Waals surface area (Å²) in [6.45, 7) is 0. The van der Waals surface area contributed by atoms with E-state index < -0.39 is 0 Å². The van der Waals surface area contributed by atoms with E-state index in [1.54, 1.807) is 29.9 Å². The average molecular weight is 266 g/mol. The zero-order valence-corrected chi connectivity index (χ0v) is 10.8. The van der Waals surface area contributed by atoms with E-state index in [2.05, 4.69) is 10.1 Å². The summed E-state index contributed by atoms with van der Waals surface area (Å²) >= 11 is 5.89. The quantitative estimate of drug-likeness (QED) is 0.793. The number of halogens is 1. The highest BCUT2D eigenvalue weighted by Gasteiger charge is 2.15. The minimum Gasteiger partial charge on any atom is -0.496 e. The van der Waals surface area contributed by atoms with Gasteiger partial charge in [-0.3, -0.25) is 9.48 Å². The molecule has 1 aromatic carbocycles. The molecule has 0 saturated heterocycles. The number of ether oxygens (including phenoxy) is 1. The average Bonchev–Trinajstić information content (AvgIpc) is 2.75. The maximum absolute atomic E-state index is 12.2. The molecule has 0 N–H and O–H groups in total. The number of carbonyl (C=O) groups is 1. The van der Waals surface area contributed by atoms with Gasteiger partial charge in [-0.25, -0.2) is 4.98 Å². The van der Waals surface area contributed by atoms with Crippen molar-refractivity contribution in [3.05, 3.63) is 40.9 Å². The molecule has 18 heavy (non-hydrogen) atoms. The normalized spacial score (nSPS) is 10.4. The highest BCUT2D eigenvalue weighted by molar-refractivity contribution is 6.31. The smallest absolute Gasteiger partial charge is 0.174 e. The van der Waals surface area contributed by atoms with Crippen LogP contribution in [0.3, 0.4) is 0 Å². The summed E-state index contributed by atoms with van der Waals surface area (Å²) in [5.41, 5.74) is 0.452. The van der Waals surface area contributed by atoms with Crippen molar-refractivity contribution >= 4 is 17.4 Å². The molecule has 6 heteroatoms. The molecule has 0 fully saturated rings. The van der Waals surface area contributed by atoms with E-state index in [1.807, 2.05) is 0 Å². The lowest BCUT2D eigenvalue weighted by atomic mass is 10.1. The predicted octanol–water partition coefficient (Wildman–Crippen LogP) is 1.90. The Hall–Kier alpha value is -1.88. The van der Waals surface area contributed by atoms with Gasteiger partial charge < -0.3 is 4.74 Å². The molecular weight excluding hydrogens is 254 g/mol. The predicted molar refractivity (Wildman–Crippen MR) is 67.0 cm³/mol. The zero-order valence-electron chi connectivity index (χ0n) is 10.1. The number of rotatable bonds is 4. The van der Waals surface area contributed by atoms with Crippen molar-refractivity contribution < 1.29 is 9.53 Å². The second-order valence-corrected chi connectivity index (χ2v) is 4.18. The summed E-state index contributed by atoms with van der Waals surface area (Å²) in [7, 11) is 3.26. The third-order valence-corrected chi connectivity index (χ3v) is 2.82. The van der Waals surface area contributed by atoms with Gasteiger partial charge in [0.25, 0.3) is 0 Å². The first kappa shape index (κ1) is 12.6. The fraction of sp³-hybridized carbons (Fsp3) is 0.250. The van der Waals surface area contributed by atoms with E-state index in [1.165, 1.54) is 13.4 Å². The van der Waals surface area contributed by atoms with Gasteiger partial charge >= 0.3 is 0 Å². The number of methoxy groups -OCH3 is 1. The summed E-state index contributed by atoms with van der Waals surface area (Å²) in [6, 6.07) is 4.95. The number of hydrogen-bond acceptors (Lipinski definition) is 4. The van der Waals surface area contributed by atoms with Gasteiger partial charge in [-0.15, -0.1) is 0 Å². The van der Waals surface area contributed by atoms with Crippen LogP contribution in [0.5, 0.6) is 5.75 Å². The largest absolute Gasteiger partial charge is 0.496 e. The lowest BCUT2D eigenvalue weighted by Crippen LogP contribution is -2.10. The standard InChI is InChI=1S/C12H12ClN3O2/c1-16-12(14-7-15-16)6-10(17)9-5-8(13)3-4-11(9)18-2/h3-5,7H,6H2,1-2H3. The maximum atomic E-state index is 12.2. The Labute approximate surface area is 109 Å².